The first-order chi connectivity index (χ1) is 5.98. The number of carbonyl (C=O) groups excluding carboxylic acids is 1. The third-order valence-electron chi connectivity index (χ3n) is 2.09. The molecule has 0 rings (SSSR count). The number of aliphatic hydroxyl groups is 1. The van der Waals surface area contributed by atoms with Gasteiger partial charge in [0.2, 0.25) is 0 Å². The van der Waals surface area contributed by atoms with Crippen molar-refractivity contribution in [3.63, 3.8) is 0 Å². The summed E-state index contributed by atoms with van der Waals surface area (Å²) >= 11 is 0. The lowest BCUT2D eigenvalue weighted by Gasteiger charge is -2.23. The van der Waals surface area contributed by atoms with Crippen LogP contribution >= 0.6 is 0 Å². The van der Waals surface area contributed by atoms with Crippen LogP contribution in [-0.2, 0) is 4.79 Å². The van der Waals surface area contributed by atoms with E-state index in [0.717, 1.165) is 0 Å². The minimum Gasteiger partial charge on any atom is -0.511 e. The van der Waals surface area contributed by atoms with Crippen LogP contribution in [0.1, 0.15) is 48.5 Å². The van der Waals surface area contributed by atoms with Gasteiger partial charge in [-0.2, -0.15) is 0 Å². The monoisotopic (exact) mass is 198 g/mol. The van der Waals surface area contributed by atoms with Gasteiger partial charge < -0.3 is 5.11 Å². The van der Waals surface area contributed by atoms with Gasteiger partial charge >= 0.3 is 0 Å². The molecule has 0 bridgehead atoms. The Morgan fingerprint density at radius 2 is 1.29 bits per heavy atom. The number of hydrogen-bond acceptors (Lipinski definition) is 2. The van der Waals surface area contributed by atoms with E-state index in [1.54, 1.807) is 6.92 Å². The number of carbonyl (C=O) groups is 1. The molecule has 0 saturated heterocycles. The molecule has 0 fully saturated rings. The van der Waals surface area contributed by atoms with Crippen molar-refractivity contribution in [1.82, 2.24) is 0 Å². The number of hydrogen-bond donors (Lipinski definition) is 1. The summed E-state index contributed by atoms with van der Waals surface area (Å²) in [5, 5.41) is 9.85. The molecule has 0 aliphatic carbocycles. The van der Waals surface area contributed by atoms with E-state index < -0.39 is 5.41 Å². The molecule has 0 saturated carbocycles. The summed E-state index contributed by atoms with van der Waals surface area (Å²) in [6, 6.07) is 0. The van der Waals surface area contributed by atoms with E-state index in [9.17, 15) is 9.90 Å². The van der Waals surface area contributed by atoms with Crippen LogP contribution in [0.3, 0.4) is 0 Å². The van der Waals surface area contributed by atoms with Crippen LogP contribution in [-0.4, -0.2) is 10.9 Å². The third kappa shape index (κ3) is 3.17. The number of ketones is 1. The fourth-order valence-electron chi connectivity index (χ4n) is 1.23. The van der Waals surface area contributed by atoms with Crippen molar-refractivity contribution < 1.29 is 9.90 Å². The number of rotatable bonds is 1. The van der Waals surface area contributed by atoms with Crippen LogP contribution in [0.4, 0.5) is 0 Å². The van der Waals surface area contributed by atoms with Crippen LogP contribution in [0.15, 0.2) is 11.3 Å². The van der Waals surface area contributed by atoms with E-state index in [0.29, 0.717) is 5.57 Å². The average molecular weight is 198 g/mol. The topological polar surface area (TPSA) is 37.3 Å². The van der Waals surface area contributed by atoms with Crippen LogP contribution in [0.2, 0.25) is 0 Å². The highest BCUT2D eigenvalue weighted by atomic mass is 16.3. The Labute approximate surface area is 87.0 Å². The molecule has 82 valence electrons. The van der Waals surface area contributed by atoms with Gasteiger partial charge in [-0.25, -0.2) is 0 Å². The molecule has 14 heavy (non-hydrogen) atoms. The standard InChI is InChI=1S/C12H22O2/c1-8(9(13)11(2,3)4)10(14)12(5,6)7/h13H,1-7H3/b9-8-. The number of allylic oxidation sites excluding steroid dienone is 2. The molecule has 0 radical (unpaired) electrons. The van der Waals surface area contributed by atoms with Gasteiger partial charge in [-0.05, 0) is 6.92 Å². The van der Waals surface area contributed by atoms with Crippen molar-refractivity contribution in [3.05, 3.63) is 11.3 Å². The van der Waals surface area contributed by atoms with E-state index >= 15 is 0 Å². The van der Waals surface area contributed by atoms with Crippen LogP contribution in [0, 0.1) is 10.8 Å². The Hall–Kier alpha value is -0.790. The molecule has 0 unspecified atom stereocenters. The van der Waals surface area contributed by atoms with Gasteiger partial charge in [0.1, 0.15) is 5.76 Å². The molecule has 0 amide bonds. The first kappa shape index (κ1) is 13.2. The van der Waals surface area contributed by atoms with Crippen molar-refractivity contribution in [1.29, 1.82) is 0 Å². The lowest BCUT2D eigenvalue weighted by atomic mass is 9.82. The van der Waals surface area contributed by atoms with Gasteiger partial charge in [0.25, 0.3) is 0 Å². The predicted molar refractivity (Wildman–Crippen MR) is 59.2 cm³/mol. The lowest BCUT2D eigenvalue weighted by Crippen LogP contribution is -2.24. The fraction of sp³-hybridized carbons (Fsp3) is 0.750. The highest BCUT2D eigenvalue weighted by molar-refractivity contribution is 5.99. The van der Waals surface area contributed by atoms with Gasteiger partial charge in [0.05, 0.1) is 0 Å². The summed E-state index contributed by atoms with van der Waals surface area (Å²) in [6.45, 7) is 12.9. The van der Waals surface area contributed by atoms with E-state index in [2.05, 4.69) is 0 Å². The molecular weight excluding hydrogens is 176 g/mol. The number of aliphatic hydroxyl groups excluding tert-OH is 1. The minimum atomic E-state index is -0.427. The summed E-state index contributed by atoms with van der Waals surface area (Å²) in [7, 11) is 0. The minimum absolute atomic E-state index is 0.00456. The Balaban J connectivity index is 5.14. The van der Waals surface area contributed by atoms with E-state index in [1.165, 1.54) is 0 Å². The Morgan fingerprint density at radius 3 is 1.50 bits per heavy atom. The summed E-state index contributed by atoms with van der Waals surface area (Å²) in [4.78, 5) is 11.8. The molecule has 2 nitrogen and oxygen atoms in total. The van der Waals surface area contributed by atoms with Crippen molar-refractivity contribution in [3.8, 4) is 0 Å². The Kier molecular flexibility index (Phi) is 3.54. The molecule has 1 N–H and O–H groups in total. The van der Waals surface area contributed by atoms with E-state index in [1.807, 2.05) is 41.5 Å². The second-order valence-electron chi connectivity index (χ2n) is 5.80. The second kappa shape index (κ2) is 3.76. The van der Waals surface area contributed by atoms with Crippen molar-refractivity contribution in [2.45, 2.75) is 48.5 Å². The van der Waals surface area contributed by atoms with Crippen molar-refractivity contribution in [2.75, 3.05) is 0 Å². The molecule has 0 aromatic heterocycles. The first-order valence-corrected chi connectivity index (χ1v) is 4.93. The predicted octanol–water partition coefficient (Wildman–Crippen LogP) is 3.48. The lowest BCUT2D eigenvalue weighted by molar-refractivity contribution is -0.122. The molecule has 0 aliphatic heterocycles. The van der Waals surface area contributed by atoms with Gasteiger partial charge in [-0.3, -0.25) is 4.79 Å². The van der Waals surface area contributed by atoms with Gasteiger partial charge in [0.15, 0.2) is 5.78 Å². The summed E-state index contributed by atoms with van der Waals surface area (Å²) in [5.74, 6) is 0.197. The quantitative estimate of drug-likeness (QED) is 0.517. The SMILES string of the molecule is C/C(C(=O)C(C)(C)C)=C(/O)C(C)(C)C. The average Bonchev–Trinajstić information content (AvgIpc) is 1.97. The van der Waals surface area contributed by atoms with Crippen LogP contribution < -0.4 is 0 Å². The zero-order chi connectivity index (χ0) is 11.7. The maximum Gasteiger partial charge on any atom is 0.167 e. The molecule has 0 aliphatic rings. The van der Waals surface area contributed by atoms with Gasteiger partial charge in [-0.1, -0.05) is 41.5 Å². The molecule has 0 spiro atoms. The molecule has 0 heterocycles. The zero-order valence-corrected chi connectivity index (χ0v) is 10.4. The van der Waals surface area contributed by atoms with E-state index in [-0.39, 0.29) is 17.0 Å². The molecule has 0 atom stereocenters. The largest absolute Gasteiger partial charge is 0.511 e. The highest BCUT2D eigenvalue weighted by Gasteiger charge is 2.28. The van der Waals surface area contributed by atoms with Crippen molar-refractivity contribution in [2.24, 2.45) is 10.8 Å². The van der Waals surface area contributed by atoms with E-state index in [4.69, 9.17) is 0 Å². The third-order valence-corrected chi connectivity index (χ3v) is 2.09. The van der Waals surface area contributed by atoms with Gasteiger partial charge in [0, 0.05) is 16.4 Å². The normalized spacial score (nSPS) is 15.1. The Morgan fingerprint density at radius 1 is 0.929 bits per heavy atom. The molecule has 0 aromatic rings. The number of Topliss-reactive ketones (excluding diaryl/α,β-unsaturated/α-hetero) is 1. The highest BCUT2D eigenvalue weighted by Crippen LogP contribution is 2.29. The second-order valence-corrected chi connectivity index (χ2v) is 5.80. The Bertz CT molecular complexity index is 259. The molecule has 0 aromatic carbocycles. The summed E-state index contributed by atoms with van der Waals surface area (Å²) < 4.78 is 0. The maximum absolute atomic E-state index is 11.8. The zero-order valence-electron chi connectivity index (χ0n) is 10.4. The van der Waals surface area contributed by atoms with Crippen LogP contribution in [0.25, 0.3) is 0 Å². The first-order valence-electron chi connectivity index (χ1n) is 4.93. The van der Waals surface area contributed by atoms with Crippen LogP contribution in [0.5, 0.6) is 0 Å². The smallest absolute Gasteiger partial charge is 0.167 e. The maximum atomic E-state index is 11.8. The molecular formula is C12H22O2. The summed E-state index contributed by atoms with van der Waals surface area (Å²) in [5.41, 5.74) is -0.307. The molecule has 2 heteroatoms. The summed E-state index contributed by atoms with van der Waals surface area (Å²) in [6.07, 6.45) is 0. The van der Waals surface area contributed by atoms with Crippen molar-refractivity contribution >= 4 is 5.78 Å². The fourth-order valence-corrected chi connectivity index (χ4v) is 1.23. The van der Waals surface area contributed by atoms with Gasteiger partial charge in [-0.15, -0.1) is 0 Å².